The average molecular weight is 1220 g/mol. The Kier molecular flexibility index (Phi) is 24.1. The number of benzene rings is 4. The van der Waals surface area contributed by atoms with E-state index >= 15 is 0 Å². The van der Waals surface area contributed by atoms with E-state index in [1.165, 1.54) is 6.07 Å². The summed E-state index contributed by atoms with van der Waals surface area (Å²) in [6, 6.07) is 25.7. The number of amides is 2. The molecule has 0 radical (unpaired) electrons. The molecule has 0 bridgehead atoms. The number of hydrogen-bond donors (Lipinski definition) is 4. The van der Waals surface area contributed by atoms with Gasteiger partial charge in [0.15, 0.2) is 5.78 Å². The van der Waals surface area contributed by atoms with Gasteiger partial charge in [-0.25, -0.2) is 24.0 Å². The highest BCUT2D eigenvalue weighted by molar-refractivity contribution is 6.35. The number of nitrogens with two attached hydrogens (primary N) is 1. The van der Waals surface area contributed by atoms with Gasteiger partial charge in [0.1, 0.15) is 28.4 Å². The third-order valence-corrected chi connectivity index (χ3v) is 12.2. The number of aryl methyl sites for hydroxylation is 2. The van der Waals surface area contributed by atoms with Gasteiger partial charge in [-0.15, -0.1) is 0 Å². The van der Waals surface area contributed by atoms with Crippen LogP contribution in [-0.4, -0.2) is 85.4 Å². The lowest BCUT2D eigenvalue weighted by Crippen LogP contribution is -2.45. The Bertz CT molecular complexity index is 3310. The molecule has 0 aliphatic carbocycles. The standard InChI is InChI=1S/C32H36Cl2N2O5.C17H20N2O2.C14H17Cl2NO4/c1-19-12-21(10-11-35-19)23-13-20(14-24(16-23)29(38)40-31(2,3)4)15-28(37)27(36-30(39)41-32(5,6)7)17-22-8-9-25(33)18-26(22)34;1-11-7-12(5-6-19-11)13-8-14(10-15(18)9-13)16(20)21-17(2,3)4;1-14(2,3)21-13(20)17-11(12(18)19)6-8-4-5-9(15)7-10(8)16/h8-14,16,18,27H,15,17H2,1-7H3,(H,36,39);5-10H,18H2,1-4H3;4-5,7,11H,6H2,1-3H3,(H,17,20)(H,18,19)/t27-;;11-/m0.0/s1. The van der Waals surface area contributed by atoms with Gasteiger partial charge in [0.25, 0.3) is 0 Å². The minimum Gasteiger partial charge on any atom is -0.480 e. The second kappa shape index (κ2) is 29.3. The van der Waals surface area contributed by atoms with E-state index in [4.69, 9.17) is 71.1 Å². The van der Waals surface area contributed by atoms with Crippen molar-refractivity contribution in [1.82, 2.24) is 20.6 Å². The number of pyridine rings is 2. The molecule has 2 atom stereocenters. The van der Waals surface area contributed by atoms with Crippen molar-refractivity contribution in [3.63, 3.8) is 0 Å². The SMILES string of the molecule is CC(C)(C)OC(=O)N[C@@H](Cc1ccc(Cl)cc1Cl)C(=O)O.Cc1cc(-c2cc(CC(=O)[C@H](Cc3ccc(Cl)cc3Cl)NC(=O)OC(C)(C)C)cc(C(=O)OC(C)(C)C)c2)ccn1.Cc1cc(-c2cc(N)cc(C(=O)OC(C)(C)C)c2)ccn1. The molecule has 444 valence electrons. The fourth-order valence-electron chi connectivity index (χ4n) is 7.62. The van der Waals surface area contributed by atoms with E-state index in [1.807, 2.05) is 71.0 Å². The number of carboxylic acid groups (broad SMARTS) is 1. The number of anilines is 1. The van der Waals surface area contributed by atoms with Gasteiger partial charge in [-0.3, -0.25) is 14.8 Å². The molecule has 0 spiro atoms. The first-order valence-corrected chi connectivity index (χ1v) is 27.8. The number of nitrogens with zero attached hydrogens (tertiary/aromatic N) is 2. The lowest BCUT2D eigenvalue weighted by Gasteiger charge is -2.24. The summed E-state index contributed by atoms with van der Waals surface area (Å²) in [5.74, 6) is -2.34. The van der Waals surface area contributed by atoms with E-state index in [2.05, 4.69) is 20.6 Å². The molecule has 0 aliphatic heterocycles. The van der Waals surface area contributed by atoms with Crippen LogP contribution in [0.15, 0.2) is 109 Å². The van der Waals surface area contributed by atoms with Crippen LogP contribution < -0.4 is 16.4 Å². The Morgan fingerprint density at radius 3 is 1.30 bits per heavy atom. The molecule has 2 heterocycles. The summed E-state index contributed by atoms with van der Waals surface area (Å²) in [6.45, 7) is 25.0. The van der Waals surface area contributed by atoms with Crippen molar-refractivity contribution >= 4 is 88.0 Å². The molecular formula is C63H73Cl4N5O11. The Morgan fingerprint density at radius 1 is 0.506 bits per heavy atom. The molecule has 20 heteroatoms. The molecule has 2 amide bonds. The minimum atomic E-state index is -1.17. The maximum atomic E-state index is 13.7. The van der Waals surface area contributed by atoms with Crippen LogP contribution >= 0.6 is 46.4 Å². The number of carboxylic acids is 1. The van der Waals surface area contributed by atoms with Crippen molar-refractivity contribution in [2.75, 3.05) is 5.73 Å². The quantitative estimate of drug-likeness (QED) is 0.0451. The van der Waals surface area contributed by atoms with Gasteiger partial charge < -0.3 is 40.4 Å². The number of nitrogen functional groups attached to an aromatic ring is 1. The van der Waals surface area contributed by atoms with Gasteiger partial charge in [0.05, 0.1) is 17.2 Å². The van der Waals surface area contributed by atoms with Gasteiger partial charge in [-0.05, 0) is 215 Å². The smallest absolute Gasteiger partial charge is 0.408 e. The topological polar surface area (TPSA) is 235 Å². The second-order valence-corrected chi connectivity index (χ2v) is 25.1. The number of halogens is 4. The summed E-state index contributed by atoms with van der Waals surface area (Å²) < 4.78 is 21.5. The molecule has 5 N–H and O–H groups in total. The number of nitrogens with one attached hydrogen (secondary N) is 2. The molecule has 83 heavy (non-hydrogen) atoms. The van der Waals surface area contributed by atoms with E-state index in [9.17, 15) is 33.9 Å². The van der Waals surface area contributed by atoms with Crippen molar-refractivity contribution in [3.8, 4) is 22.3 Å². The van der Waals surface area contributed by atoms with E-state index in [1.54, 1.807) is 129 Å². The highest BCUT2D eigenvalue weighted by atomic mass is 35.5. The fraction of sp³-hybridized carbons (Fsp3) is 0.365. The summed E-state index contributed by atoms with van der Waals surface area (Å²) in [7, 11) is 0. The second-order valence-electron chi connectivity index (χ2n) is 23.4. The largest absolute Gasteiger partial charge is 0.480 e. The predicted molar refractivity (Wildman–Crippen MR) is 327 cm³/mol. The van der Waals surface area contributed by atoms with Crippen molar-refractivity contribution < 1.29 is 52.8 Å². The molecular weight excluding hydrogens is 1140 g/mol. The lowest BCUT2D eigenvalue weighted by atomic mass is 9.94. The number of Topliss-reactive ketones (excluding diaryl/α,β-unsaturated/α-hetero) is 1. The van der Waals surface area contributed by atoms with Crippen molar-refractivity contribution in [2.24, 2.45) is 0 Å². The zero-order valence-corrected chi connectivity index (χ0v) is 52.2. The maximum Gasteiger partial charge on any atom is 0.408 e. The zero-order valence-electron chi connectivity index (χ0n) is 49.2. The van der Waals surface area contributed by atoms with Crippen LogP contribution in [0.25, 0.3) is 22.3 Å². The number of hydrogen-bond acceptors (Lipinski definition) is 13. The van der Waals surface area contributed by atoms with Crippen molar-refractivity contribution in [1.29, 1.82) is 0 Å². The zero-order chi connectivity index (χ0) is 62.4. The number of aromatic nitrogens is 2. The minimum absolute atomic E-state index is 0.0323. The molecule has 0 aliphatic rings. The molecule has 0 saturated heterocycles. The predicted octanol–water partition coefficient (Wildman–Crippen LogP) is 14.7. The first-order chi connectivity index (χ1) is 38.3. The number of esters is 2. The molecule has 16 nitrogen and oxygen atoms in total. The van der Waals surface area contributed by atoms with Crippen LogP contribution in [0.4, 0.5) is 15.3 Å². The Balaban J connectivity index is 0.000000295. The lowest BCUT2D eigenvalue weighted by molar-refractivity contribution is -0.139. The Labute approximate surface area is 506 Å². The van der Waals surface area contributed by atoms with E-state index in [0.29, 0.717) is 53.6 Å². The number of ketones is 1. The van der Waals surface area contributed by atoms with Gasteiger partial charge in [0.2, 0.25) is 0 Å². The van der Waals surface area contributed by atoms with E-state index in [0.717, 1.165) is 33.6 Å². The number of carbonyl (C=O) groups is 6. The normalized spacial score (nSPS) is 12.2. The van der Waals surface area contributed by atoms with Crippen LogP contribution in [0.1, 0.15) is 132 Å². The average Bonchev–Trinajstić information content (AvgIpc) is 3.41. The van der Waals surface area contributed by atoms with E-state index in [-0.39, 0.29) is 31.0 Å². The Hall–Kier alpha value is -7.24. The molecule has 4 aromatic carbocycles. The fourth-order valence-corrected chi connectivity index (χ4v) is 8.59. The van der Waals surface area contributed by atoms with Crippen LogP contribution in [0, 0.1) is 13.8 Å². The third kappa shape index (κ3) is 24.6. The number of carbonyl (C=O) groups excluding carboxylic acids is 5. The summed E-state index contributed by atoms with van der Waals surface area (Å²) in [4.78, 5) is 83.0. The first kappa shape index (κ1) is 68.3. The third-order valence-electron chi connectivity index (χ3n) is 11.0. The van der Waals surface area contributed by atoms with Gasteiger partial charge in [-0.1, -0.05) is 64.6 Å². The van der Waals surface area contributed by atoms with Crippen molar-refractivity contribution in [3.05, 3.63) is 169 Å². The highest BCUT2D eigenvalue weighted by Crippen LogP contribution is 2.29. The summed E-state index contributed by atoms with van der Waals surface area (Å²) in [6.07, 6.45) is 1.99. The summed E-state index contributed by atoms with van der Waals surface area (Å²) in [5, 5.41) is 15.8. The van der Waals surface area contributed by atoms with Gasteiger partial charge in [-0.2, -0.15) is 0 Å². The molecule has 0 unspecified atom stereocenters. The molecule has 6 rings (SSSR count). The van der Waals surface area contributed by atoms with Crippen LogP contribution in [0.5, 0.6) is 0 Å². The number of ether oxygens (including phenoxy) is 4. The number of aliphatic carboxylic acids is 1. The first-order valence-electron chi connectivity index (χ1n) is 26.3. The summed E-state index contributed by atoms with van der Waals surface area (Å²) >= 11 is 24.2. The van der Waals surface area contributed by atoms with E-state index < -0.39 is 58.6 Å². The number of alkyl carbamates (subject to hydrolysis) is 2. The number of rotatable bonds is 14. The molecule has 6 aromatic rings. The molecule has 2 aromatic heterocycles. The van der Waals surface area contributed by atoms with Crippen LogP contribution in [0.2, 0.25) is 20.1 Å². The highest BCUT2D eigenvalue weighted by Gasteiger charge is 2.28. The van der Waals surface area contributed by atoms with Gasteiger partial charge in [0, 0.05) is 68.8 Å². The monoisotopic (exact) mass is 1220 g/mol. The summed E-state index contributed by atoms with van der Waals surface area (Å²) in [5.41, 5.74) is 11.5. The van der Waals surface area contributed by atoms with Gasteiger partial charge >= 0.3 is 30.1 Å². The van der Waals surface area contributed by atoms with Crippen LogP contribution in [-0.2, 0) is 47.8 Å². The Morgan fingerprint density at radius 2 is 0.904 bits per heavy atom. The van der Waals surface area contributed by atoms with Crippen LogP contribution in [0.3, 0.4) is 0 Å². The molecule has 0 fully saturated rings. The van der Waals surface area contributed by atoms with Crippen molar-refractivity contribution in [2.45, 2.75) is 151 Å². The maximum absolute atomic E-state index is 13.7. The molecule has 0 saturated carbocycles.